The molecule has 0 radical (unpaired) electrons. The Labute approximate surface area is 128 Å². The summed E-state index contributed by atoms with van der Waals surface area (Å²) >= 11 is 0. The molecule has 5 nitrogen and oxygen atoms in total. The van der Waals surface area contributed by atoms with Gasteiger partial charge in [-0.05, 0) is 26.7 Å². The Bertz CT molecular complexity index is 321. The van der Waals surface area contributed by atoms with Crippen LogP contribution < -0.4 is 0 Å². The van der Waals surface area contributed by atoms with Gasteiger partial charge in [0.15, 0.2) is 0 Å². The summed E-state index contributed by atoms with van der Waals surface area (Å²) in [4.78, 5) is 16.6. The van der Waals surface area contributed by atoms with Crippen molar-refractivity contribution in [2.75, 3.05) is 39.3 Å². The number of carbonyl (C=O) groups excluding carboxylic acids is 1. The van der Waals surface area contributed by atoms with E-state index in [1.807, 2.05) is 18.7 Å². The Balaban J connectivity index is 1.66. The van der Waals surface area contributed by atoms with Gasteiger partial charge in [-0.3, -0.25) is 9.69 Å². The Morgan fingerprint density at radius 3 is 2.38 bits per heavy atom. The number of rotatable bonds is 6. The summed E-state index contributed by atoms with van der Waals surface area (Å²) < 4.78 is 5.43. The van der Waals surface area contributed by atoms with E-state index in [2.05, 4.69) is 4.90 Å². The fourth-order valence-electron chi connectivity index (χ4n) is 3.24. The Hall–Kier alpha value is -0.650. The van der Waals surface area contributed by atoms with Gasteiger partial charge in [0, 0.05) is 38.6 Å². The molecule has 2 fully saturated rings. The van der Waals surface area contributed by atoms with E-state index in [1.165, 1.54) is 12.8 Å². The van der Waals surface area contributed by atoms with E-state index in [-0.39, 0.29) is 12.0 Å². The second-order valence-electron chi connectivity index (χ2n) is 6.64. The molecule has 122 valence electrons. The zero-order valence-corrected chi connectivity index (χ0v) is 13.5. The lowest BCUT2D eigenvalue weighted by Gasteiger charge is -2.36. The first kappa shape index (κ1) is 16.7. The average Bonchev–Trinajstić information content (AvgIpc) is 2.99. The highest BCUT2D eigenvalue weighted by atomic mass is 16.5. The van der Waals surface area contributed by atoms with E-state index in [1.54, 1.807) is 0 Å². The van der Waals surface area contributed by atoms with E-state index < -0.39 is 6.10 Å². The van der Waals surface area contributed by atoms with Crippen LogP contribution in [0.15, 0.2) is 0 Å². The zero-order chi connectivity index (χ0) is 15.2. The van der Waals surface area contributed by atoms with Crippen molar-refractivity contribution in [3.8, 4) is 0 Å². The van der Waals surface area contributed by atoms with Gasteiger partial charge in [-0.15, -0.1) is 0 Å². The van der Waals surface area contributed by atoms with Crippen molar-refractivity contribution in [3.63, 3.8) is 0 Å². The second kappa shape index (κ2) is 8.11. The summed E-state index contributed by atoms with van der Waals surface area (Å²) in [6.45, 7) is 8.28. The lowest BCUT2D eigenvalue weighted by Crippen LogP contribution is -2.52. The molecule has 1 atom stereocenters. The number of nitrogens with zero attached hydrogens (tertiary/aromatic N) is 2. The highest BCUT2D eigenvalue weighted by molar-refractivity contribution is 5.79. The maximum Gasteiger partial charge on any atom is 0.225 e. The lowest BCUT2D eigenvalue weighted by atomic mass is 10.1. The third-order valence-electron chi connectivity index (χ3n) is 4.48. The molecule has 1 aliphatic heterocycles. The first-order valence-electron chi connectivity index (χ1n) is 8.37. The van der Waals surface area contributed by atoms with Gasteiger partial charge in [0.2, 0.25) is 5.91 Å². The molecule has 0 aromatic rings. The fourth-order valence-corrected chi connectivity index (χ4v) is 3.24. The quantitative estimate of drug-likeness (QED) is 0.798. The van der Waals surface area contributed by atoms with Crippen molar-refractivity contribution in [1.82, 2.24) is 9.80 Å². The molecule has 0 aromatic carbocycles. The second-order valence-corrected chi connectivity index (χ2v) is 6.64. The summed E-state index contributed by atoms with van der Waals surface area (Å²) in [5.74, 6) is 0.637. The number of aliphatic hydroxyl groups is 1. The van der Waals surface area contributed by atoms with Gasteiger partial charge in [0.25, 0.3) is 0 Å². The number of carbonyl (C=O) groups is 1. The van der Waals surface area contributed by atoms with Crippen LogP contribution in [0.3, 0.4) is 0 Å². The molecule has 1 unspecified atom stereocenters. The smallest absolute Gasteiger partial charge is 0.225 e. The van der Waals surface area contributed by atoms with Crippen LogP contribution in [0.2, 0.25) is 0 Å². The molecule has 1 N–H and O–H groups in total. The minimum atomic E-state index is -0.440. The third kappa shape index (κ3) is 5.24. The number of ether oxygens (including phenoxy) is 1. The SMILES string of the molecule is CC(C)OCC(O)CN1CCN(C(=O)C2CCCC2)CC1. The molecule has 21 heavy (non-hydrogen) atoms. The third-order valence-corrected chi connectivity index (χ3v) is 4.48. The molecule has 5 heteroatoms. The monoisotopic (exact) mass is 298 g/mol. The van der Waals surface area contributed by atoms with Gasteiger partial charge in [-0.2, -0.15) is 0 Å². The van der Waals surface area contributed by atoms with Crippen molar-refractivity contribution < 1.29 is 14.6 Å². The van der Waals surface area contributed by atoms with E-state index in [0.717, 1.165) is 39.0 Å². The van der Waals surface area contributed by atoms with Gasteiger partial charge in [0.1, 0.15) is 0 Å². The van der Waals surface area contributed by atoms with Crippen LogP contribution in [0, 0.1) is 5.92 Å². The summed E-state index contributed by atoms with van der Waals surface area (Å²) in [5, 5.41) is 9.95. The van der Waals surface area contributed by atoms with Crippen molar-refractivity contribution in [2.45, 2.75) is 51.7 Å². The Kier molecular flexibility index (Phi) is 6.45. The minimum absolute atomic E-state index is 0.153. The van der Waals surface area contributed by atoms with Crippen molar-refractivity contribution in [3.05, 3.63) is 0 Å². The topological polar surface area (TPSA) is 53.0 Å². The zero-order valence-electron chi connectivity index (χ0n) is 13.5. The Morgan fingerprint density at radius 1 is 1.19 bits per heavy atom. The summed E-state index contributed by atoms with van der Waals surface area (Å²) in [6.07, 6.45) is 4.27. The molecule has 2 aliphatic rings. The number of hydrogen-bond acceptors (Lipinski definition) is 4. The maximum absolute atomic E-state index is 12.3. The van der Waals surface area contributed by atoms with Crippen molar-refractivity contribution in [2.24, 2.45) is 5.92 Å². The molecular formula is C16H30N2O3. The molecule has 2 rings (SSSR count). The molecular weight excluding hydrogens is 268 g/mol. The van der Waals surface area contributed by atoms with Gasteiger partial charge in [0.05, 0.1) is 18.8 Å². The van der Waals surface area contributed by atoms with Crippen LogP contribution in [-0.2, 0) is 9.53 Å². The number of β-amino-alcohol motifs (C(OH)–C–C–N with tert-alkyl or cyclic N) is 1. The van der Waals surface area contributed by atoms with Crippen molar-refractivity contribution >= 4 is 5.91 Å². The molecule has 1 saturated heterocycles. The summed E-state index contributed by atoms with van der Waals surface area (Å²) in [6, 6.07) is 0. The number of piperazine rings is 1. The molecule has 1 saturated carbocycles. The molecule has 0 bridgehead atoms. The first-order valence-corrected chi connectivity index (χ1v) is 8.37. The van der Waals surface area contributed by atoms with Crippen molar-refractivity contribution in [1.29, 1.82) is 0 Å². The van der Waals surface area contributed by atoms with Crippen LogP contribution in [0.5, 0.6) is 0 Å². The predicted octanol–water partition coefficient (Wildman–Crippen LogP) is 1.11. The maximum atomic E-state index is 12.3. The molecule has 0 aromatic heterocycles. The molecule has 1 amide bonds. The predicted molar refractivity (Wildman–Crippen MR) is 82.1 cm³/mol. The average molecular weight is 298 g/mol. The number of hydrogen-bond donors (Lipinski definition) is 1. The van der Waals surface area contributed by atoms with Crippen LogP contribution >= 0.6 is 0 Å². The van der Waals surface area contributed by atoms with Gasteiger partial charge in [-0.1, -0.05) is 12.8 Å². The standard InChI is InChI=1S/C16H30N2O3/c1-13(2)21-12-15(19)11-17-7-9-18(10-8-17)16(20)14-5-3-4-6-14/h13-15,19H,3-12H2,1-2H3. The summed E-state index contributed by atoms with van der Waals surface area (Å²) in [5.41, 5.74) is 0. The van der Waals surface area contributed by atoms with Gasteiger partial charge in [-0.25, -0.2) is 0 Å². The van der Waals surface area contributed by atoms with Crippen LogP contribution in [0.1, 0.15) is 39.5 Å². The van der Waals surface area contributed by atoms with Crippen LogP contribution in [0.25, 0.3) is 0 Å². The van der Waals surface area contributed by atoms with E-state index in [0.29, 0.717) is 19.1 Å². The minimum Gasteiger partial charge on any atom is -0.389 e. The summed E-state index contributed by atoms with van der Waals surface area (Å²) in [7, 11) is 0. The van der Waals surface area contributed by atoms with E-state index >= 15 is 0 Å². The molecule has 1 heterocycles. The first-order chi connectivity index (χ1) is 10.1. The van der Waals surface area contributed by atoms with Gasteiger partial charge >= 0.3 is 0 Å². The van der Waals surface area contributed by atoms with Gasteiger partial charge < -0.3 is 14.7 Å². The van der Waals surface area contributed by atoms with E-state index in [9.17, 15) is 9.90 Å². The van der Waals surface area contributed by atoms with Crippen LogP contribution in [0.4, 0.5) is 0 Å². The number of amides is 1. The Morgan fingerprint density at radius 2 is 1.81 bits per heavy atom. The highest BCUT2D eigenvalue weighted by Crippen LogP contribution is 2.26. The molecule has 1 aliphatic carbocycles. The lowest BCUT2D eigenvalue weighted by molar-refractivity contribution is -0.137. The fraction of sp³-hybridized carbons (Fsp3) is 0.938. The van der Waals surface area contributed by atoms with E-state index in [4.69, 9.17) is 4.74 Å². The largest absolute Gasteiger partial charge is 0.389 e. The van der Waals surface area contributed by atoms with Crippen LogP contribution in [-0.4, -0.2) is 72.4 Å². The molecule has 0 spiro atoms. The number of aliphatic hydroxyl groups excluding tert-OH is 1. The highest BCUT2D eigenvalue weighted by Gasteiger charge is 2.29. The normalized spacial score (nSPS) is 23.0.